The van der Waals surface area contributed by atoms with Crippen molar-refractivity contribution in [3.63, 3.8) is 0 Å². The van der Waals surface area contributed by atoms with E-state index < -0.39 is 0 Å². The molecule has 102 valence electrons. The smallest absolute Gasteiger partial charge is 0.0309 e. The highest BCUT2D eigenvalue weighted by molar-refractivity contribution is 5.06. The summed E-state index contributed by atoms with van der Waals surface area (Å²) in [5.41, 5.74) is 0.314. The van der Waals surface area contributed by atoms with Gasteiger partial charge in [-0.1, -0.05) is 13.8 Å². The largest absolute Gasteiger partial charge is 0.308 e. The van der Waals surface area contributed by atoms with Gasteiger partial charge in [0.2, 0.25) is 0 Å². The summed E-state index contributed by atoms with van der Waals surface area (Å²) < 4.78 is 0. The molecule has 0 amide bonds. The Morgan fingerprint density at radius 2 is 2.06 bits per heavy atom. The fourth-order valence-electron chi connectivity index (χ4n) is 3.39. The van der Waals surface area contributed by atoms with Gasteiger partial charge < -0.3 is 5.32 Å². The van der Waals surface area contributed by atoms with E-state index in [4.69, 9.17) is 6.42 Å². The number of nitrogens with zero attached hydrogens (tertiary/aromatic N) is 1. The predicted molar refractivity (Wildman–Crippen MR) is 77.4 cm³/mol. The van der Waals surface area contributed by atoms with Gasteiger partial charge in [-0.3, -0.25) is 4.90 Å². The Morgan fingerprint density at radius 3 is 2.56 bits per heavy atom. The maximum atomic E-state index is 5.51. The fraction of sp³-hybridized carbons (Fsp3) is 0.875. The first-order valence-corrected chi connectivity index (χ1v) is 7.42. The Bertz CT molecular complexity index is 326. The van der Waals surface area contributed by atoms with E-state index in [0.29, 0.717) is 23.5 Å². The second-order valence-electron chi connectivity index (χ2n) is 6.81. The first kappa shape index (κ1) is 13.9. The van der Waals surface area contributed by atoms with Crippen LogP contribution in [0.1, 0.15) is 47.0 Å². The molecule has 18 heavy (non-hydrogen) atoms. The Labute approximate surface area is 113 Å². The zero-order valence-electron chi connectivity index (χ0n) is 12.4. The highest BCUT2D eigenvalue weighted by Crippen LogP contribution is 2.42. The Balaban J connectivity index is 2.10. The van der Waals surface area contributed by atoms with Crippen molar-refractivity contribution in [2.75, 3.05) is 13.1 Å². The summed E-state index contributed by atoms with van der Waals surface area (Å²) in [7, 11) is 0. The molecule has 2 aliphatic rings. The second-order valence-corrected chi connectivity index (χ2v) is 6.81. The molecular weight excluding hydrogens is 220 g/mol. The summed E-state index contributed by atoms with van der Waals surface area (Å²) in [5, 5.41) is 3.82. The highest BCUT2D eigenvalue weighted by Gasteiger charge is 2.47. The molecule has 0 aromatic heterocycles. The number of hydrogen-bond acceptors (Lipinski definition) is 2. The van der Waals surface area contributed by atoms with Crippen LogP contribution >= 0.6 is 0 Å². The van der Waals surface area contributed by atoms with Gasteiger partial charge in [0.15, 0.2) is 0 Å². The average molecular weight is 248 g/mol. The minimum Gasteiger partial charge on any atom is -0.308 e. The van der Waals surface area contributed by atoms with Gasteiger partial charge in [-0.05, 0) is 38.5 Å². The molecule has 0 radical (unpaired) electrons. The van der Waals surface area contributed by atoms with Crippen LogP contribution in [0.25, 0.3) is 0 Å². The molecule has 1 saturated heterocycles. The topological polar surface area (TPSA) is 15.3 Å². The van der Waals surface area contributed by atoms with Crippen LogP contribution in [0.4, 0.5) is 0 Å². The van der Waals surface area contributed by atoms with Crippen LogP contribution in [-0.4, -0.2) is 35.6 Å². The highest BCUT2D eigenvalue weighted by atomic mass is 15.3. The van der Waals surface area contributed by atoms with Gasteiger partial charge >= 0.3 is 0 Å². The summed E-state index contributed by atoms with van der Waals surface area (Å²) in [5.74, 6) is 4.40. The third kappa shape index (κ3) is 2.73. The van der Waals surface area contributed by atoms with Crippen LogP contribution in [0.2, 0.25) is 0 Å². The molecule has 2 nitrogen and oxygen atoms in total. The summed E-state index contributed by atoms with van der Waals surface area (Å²) in [6.45, 7) is 11.6. The first-order chi connectivity index (χ1) is 8.48. The lowest BCUT2D eigenvalue weighted by Crippen LogP contribution is -2.66. The molecule has 1 aliphatic heterocycles. The Kier molecular flexibility index (Phi) is 4.04. The summed E-state index contributed by atoms with van der Waals surface area (Å²) in [6.07, 6.45) is 9.16. The van der Waals surface area contributed by atoms with E-state index in [2.05, 4.69) is 43.8 Å². The Morgan fingerprint density at radius 1 is 1.39 bits per heavy atom. The average Bonchev–Trinajstić information content (AvgIpc) is 3.12. The minimum atomic E-state index is 0.314. The van der Waals surface area contributed by atoms with Crippen molar-refractivity contribution in [3.8, 4) is 12.3 Å². The lowest BCUT2D eigenvalue weighted by atomic mass is 9.87. The third-order valence-electron chi connectivity index (χ3n) is 4.88. The van der Waals surface area contributed by atoms with Crippen LogP contribution in [0.15, 0.2) is 0 Å². The first-order valence-electron chi connectivity index (χ1n) is 7.42. The van der Waals surface area contributed by atoms with Gasteiger partial charge in [-0.25, -0.2) is 0 Å². The maximum absolute atomic E-state index is 5.51. The molecule has 0 aromatic rings. The SMILES string of the molecule is C#CCC(C)N1CC(C)(C2CC2)NCC1C(C)C. The molecule has 2 fully saturated rings. The van der Waals surface area contributed by atoms with E-state index in [1.165, 1.54) is 12.8 Å². The molecule has 0 bridgehead atoms. The molecule has 1 saturated carbocycles. The lowest BCUT2D eigenvalue weighted by Gasteiger charge is -2.50. The summed E-state index contributed by atoms with van der Waals surface area (Å²) in [6, 6.07) is 1.13. The van der Waals surface area contributed by atoms with Crippen molar-refractivity contribution in [3.05, 3.63) is 0 Å². The maximum Gasteiger partial charge on any atom is 0.0309 e. The molecule has 2 rings (SSSR count). The van der Waals surface area contributed by atoms with Gasteiger partial charge in [0.25, 0.3) is 0 Å². The quantitative estimate of drug-likeness (QED) is 0.769. The van der Waals surface area contributed by atoms with Crippen LogP contribution in [-0.2, 0) is 0 Å². The predicted octanol–water partition coefficient (Wildman–Crippen LogP) is 2.50. The number of hydrogen-bond donors (Lipinski definition) is 1. The van der Waals surface area contributed by atoms with Crippen molar-refractivity contribution >= 4 is 0 Å². The van der Waals surface area contributed by atoms with Crippen LogP contribution in [0, 0.1) is 24.2 Å². The monoisotopic (exact) mass is 248 g/mol. The Hall–Kier alpha value is -0.520. The standard InChI is InChI=1S/C16H28N2/c1-6-7-13(4)18-11-16(5,14-8-9-14)17-10-15(18)12(2)3/h1,12-15,17H,7-11H2,2-5H3. The van der Waals surface area contributed by atoms with Gasteiger partial charge in [-0.2, -0.15) is 0 Å². The molecule has 3 atom stereocenters. The second kappa shape index (κ2) is 5.23. The van der Waals surface area contributed by atoms with Gasteiger partial charge in [0.1, 0.15) is 0 Å². The lowest BCUT2D eigenvalue weighted by molar-refractivity contribution is 0.0251. The zero-order valence-corrected chi connectivity index (χ0v) is 12.4. The fourth-order valence-corrected chi connectivity index (χ4v) is 3.39. The third-order valence-corrected chi connectivity index (χ3v) is 4.88. The number of nitrogens with one attached hydrogen (secondary N) is 1. The molecular formula is C16H28N2. The molecule has 3 unspecified atom stereocenters. The molecule has 1 heterocycles. The molecule has 0 spiro atoms. The van der Waals surface area contributed by atoms with E-state index in [-0.39, 0.29) is 0 Å². The van der Waals surface area contributed by atoms with E-state index in [1.54, 1.807) is 0 Å². The number of terminal acetylenes is 1. The van der Waals surface area contributed by atoms with Crippen LogP contribution in [0.3, 0.4) is 0 Å². The normalized spacial score (nSPS) is 35.4. The number of rotatable bonds is 4. The summed E-state index contributed by atoms with van der Waals surface area (Å²) in [4.78, 5) is 2.67. The van der Waals surface area contributed by atoms with Crippen molar-refractivity contribution in [1.82, 2.24) is 10.2 Å². The van der Waals surface area contributed by atoms with Crippen molar-refractivity contribution < 1.29 is 0 Å². The van der Waals surface area contributed by atoms with Crippen LogP contribution in [0.5, 0.6) is 0 Å². The molecule has 1 N–H and O–H groups in total. The molecule has 0 aromatic carbocycles. The van der Waals surface area contributed by atoms with Crippen LogP contribution < -0.4 is 5.32 Å². The summed E-state index contributed by atoms with van der Waals surface area (Å²) >= 11 is 0. The molecule has 1 aliphatic carbocycles. The minimum absolute atomic E-state index is 0.314. The molecule has 2 heteroatoms. The van der Waals surface area contributed by atoms with Gasteiger partial charge in [0, 0.05) is 37.1 Å². The van der Waals surface area contributed by atoms with E-state index in [1.807, 2.05) is 0 Å². The van der Waals surface area contributed by atoms with E-state index in [0.717, 1.165) is 25.4 Å². The van der Waals surface area contributed by atoms with Crippen molar-refractivity contribution in [1.29, 1.82) is 0 Å². The van der Waals surface area contributed by atoms with Gasteiger partial charge in [0.05, 0.1) is 0 Å². The van der Waals surface area contributed by atoms with Crippen molar-refractivity contribution in [2.45, 2.75) is 64.6 Å². The van der Waals surface area contributed by atoms with Crippen molar-refractivity contribution in [2.24, 2.45) is 11.8 Å². The van der Waals surface area contributed by atoms with E-state index in [9.17, 15) is 0 Å². The van der Waals surface area contributed by atoms with Gasteiger partial charge in [-0.15, -0.1) is 12.3 Å². The zero-order chi connectivity index (χ0) is 13.3. The van der Waals surface area contributed by atoms with E-state index >= 15 is 0 Å². The number of piperazine rings is 1.